The number of benzene rings is 1. The third kappa shape index (κ3) is 3.57. The third-order valence-electron chi connectivity index (χ3n) is 3.00. The summed E-state index contributed by atoms with van der Waals surface area (Å²) in [5.41, 5.74) is 1.46. The summed E-state index contributed by atoms with van der Waals surface area (Å²) >= 11 is 0. The Labute approximate surface area is 109 Å². The van der Waals surface area contributed by atoms with E-state index in [0.29, 0.717) is 0 Å². The van der Waals surface area contributed by atoms with E-state index in [4.69, 9.17) is 0 Å². The molecule has 18 heavy (non-hydrogen) atoms. The first-order chi connectivity index (χ1) is 8.56. The van der Waals surface area contributed by atoms with Crippen LogP contribution < -0.4 is 5.32 Å². The van der Waals surface area contributed by atoms with Gasteiger partial charge in [-0.25, -0.2) is 0 Å². The standard InChI is InChI=1S/C15H23N3/c1-15(2,3)16-10-6-7-11-18-14-9-5-4-8-13(14)12-17-18/h4-5,8-9,12,16H,6-7,10-11H2,1-3H3. The van der Waals surface area contributed by atoms with Gasteiger partial charge in [-0.2, -0.15) is 5.10 Å². The number of hydrogen-bond donors (Lipinski definition) is 1. The highest BCUT2D eigenvalue weighted by molar-refractivity contribution is 5.78. The van der Waals surface area contributed by atoms with E-state index in [2.05, 4.69) is 60.1 Å². The Morgan fingerprint density at radius 3 is 2.72 bits per heavy atom. The second-order valence-corrected chi connectivity index (χ2v) is 5.81. The maximum atomic E-state index is 4.44. The molecule has 3 nitrogen and oxygen atoms in total. The average Bonchev–Trinajstić information content (AvgIpc) is 2.71. The Morgan fingerprint density at radius 1 is 1.17 bits per heavy atom. The van der Waals surface area contributed by atoms with E-state index in [9.17, 15) is 0 Å². The van der Waals surface area contributed by atoms with Crippen molar-refractivity contribution in [1.82, 2.24) is 15.1 Å². The summed E-state index contributed by atoms with van der Waals surface area (Å²) in [5, 5.41) is 9.17. The van der Waals surface area contributed by atoms with Gasteiger partial charge < -0.3 is 5.32 Å². The Hall–Kier alpha value is -1.35. The molecular formula is C15H23N3. The molecule has 2 rings (SSSR count). The summed E-state index contributed by atoms with van der Waals surface area (Å²) in [6.45, 7) is 8.68. The minimum absolute atomic E-state index is 0.221. The Bertz CT molecular complexity index is 494. The lowest BCUT2D eigenvalue weighted by Crippen LogP contribution is -2.36. The van der Waals surface area contributed by atoms with Gasteiger partial charge in [-0.3, -0.25) is 4.68 Å². The van der Waals surface area contributed by atoms with Gasteiger partial charge in [0.1, 0.15) is 0 Å². The van der Waals surface area contributed by atoms with Crippen LogP contribution in [-0.4, -0.2) is 21.9 Å². The zero-order valence-corrected chi connectivity index (χ0v) is 11.6. The van der Waals surface area contributed by atoms with Crippen molar-refractivity contribution in [1.29, 1.82) is 0 Å². The number of nitrogens with one attached hydrogen (secondary N) is 1. The van der Waals surface area contributed by atoms with Crippen LogP contribution in [0.1, 0.15) is 33.6 Å². The highest BCUT2D eigenvalue weighted by Crippen LogP contribution is 2.13. The van der Waals surface area contributed by atoms with Gasteiger partial charge in [-0.15, -0.1) is 0 Å². The van der Waals surface area contributed by atoms with Crippen molar-refractivity contribution in [2.24, 2.45) is 0 Å². The molecule has 0 bridgehead atoms. The fourth-order valence-electron chi connectivity index (χ4n) is 2.05. The van der Waals surface area contributed by atoms with Crippen LogP contribution in [0, 0.1) is 0 Å². The second-order valence-electron chi connectivity index (χ2n) is 5.81. The van der Waals surface area contributed by atoms with Gasteiger partial charge in [-0.1, -0.05) is 18.2 Å². The summed E-state index contributed by atoms with van der Waals surface area (Å²) in [5.74, 6) is 0. The monoisotopic (exact) mass is 245 g/mol. The lowest BCUT2D eigenvalue weighted by atomic mass is 10.1. The Kier molecular flexibility index (Phi) is 4.02. The van der Waals surface area contributed by atoms with Crippen molar-refractivity contribution in [2.45, 2.75) is 45.7 Å². The molecule has 0 saturated carbocycles. The molecule has 1 aromatic heterocycles. The Balaban J connectivity index is 1.80. The van der Waals surface area contributed by atoms with Crippen LogP contribution in [0.5, 0.6) is 0 Å². The summed E-state index contributed by atoms with van der Waals surface area (Å²) in [7, 11) is 0. The van der Waals surface area contributed by atoms with E-state index in [1.165, 1.54) is 17.3 Å². The first-order valence-corrected chi connectivity index (χ1v) is 6.72. The molecule has 0 spiro atoms. The molecule has 1 heterocycles. The van der Waals surface area contributed by atoms with Crippen molar-refractivity contribution in [3.63, 3.8) is 0 Å². The number of aryl methyl sites for hydroxylation is 1. The fraction of sp³-hybridized carbons (Fsp3) is 0.533. The number of hydrogen-bond acceptors (Lipinski definition) is 2. The molecule has 0 aliphatic rings. The highest BCUT2D eigenvalue weighted by atomic mass is 15.3. The average molecular weight is 245 g/mol. The minimum Gasteiger partial charge on any atom is -0.312 e. The summed E-state index contributed by atoms with van der Waals surface area (Å²) < 4.78 is 2.10. The number of para-hydroxylation sites is 1. The van der Waals surface area contributed by atoms with Gasteiger partial charge >= 0.3 is 0 Å². The van der Waals surface area contributed by atoms with Crippen molar-refractivity contribution in [3.8, 4) is 0 Å². The lowest BCUT2D eigenvalue weighted by molar-refractivity contribution is 0.412. The van der Waals surface area contributed by atoms with Crippen molar-refractivity contribution >= 4 is 10.9 Å². The number of fused-ring (bicyclic) bond motifs is 1. The van der Waals surface area contributed by atoms with Crippen LogP contribution in [0.15, 0.2) is 30.5 Å². The molecule has 0 unspecified atom stereocenters. The van der Waals surface area contributed by atoms with E-state index >= 15 is 0 Å². The van der Waals surface area contributed by atoms with E-state index in [-0.39, 0.29) is 5.54 Å². The molecule has 0 aliphatic carbocycles. The van der Waals surface area contributed by atoms with Gasteiger partial charge in [0, 0.05) is 17.5 Å². The van der Waals surface area contributed by atoms with Gasteiger partial charge in [-0.05, 0) is 46.2 Å². The molecule has 0 fully saturated rings. The van der Waals surface area contributed by atoms with Crippen LogP contribution >= 0.6 is 0 Å². The van der Waals surface area contributed by atoms with E-state index in [1.54, 1.807) is 0 Å². The highest BCUT2D eigenvalue weighted by Gasteiger charge is 2.07. The third-order valence-corrected chi connectivity index (χ3v) is 3.00. The quantitative estimate of drug-likeness (QED) is 0.820. The van der Waals surface area contributed by atoms with Gasteiger partial charge in [0.05, 0.1) is 11.7 Å². The normalized spacial score (nSPS) is 12.2. The molecule has 0 atom stereocenters. The summed E-state index contributed by atoms with van der Waals surface area (Å²) in [6.07, 6.45) is 4.29. The molecular weight excluding hydrogens is 222 g/mol. The second kappa shape index (κ2) is 5.53. The molecule has 1 aromatic carbocycles. The number of aromatic nitrogens is 2. The fourth-order valence-corrected chi connectivity index (χ4v) is 2.05. The van der Waals surface area contributed by atoms with Gasteiger partial charge in [0.15, 0.2) is 0 Å². The number of rotatable bonds is 5. The van der Waals surface area contributed by atoms with Crippen LogP contribution in [0.25, 0.3) is 10.9 Å². The smallest absolute Gasteiger partial charge is 0.0682 e. The molecule has 0 radical (unpaired) electrons. The topological polar surface area (TPSA) is 29.9 Å². The zero-order chi connectivity index (χ0) is 13.0. The van der Waals surface area contributed by atoms with Crippen LogP contribution in [-0.2, 0) is 6.54 Å². The molecule has 0 saturated heterocycles. The lowest BCUT2D eigenvalue weighted by Gasteiger charge is -2.20. The molecule has 98 valence electrons. The maximum absolute atomic E-state index is 4.44. The van der Waals surface area contributed by atoms with Crippen molar-refractivity contribution in [3.05, 3.63) is 30.5 Å². The van der Waals surface area contributed by atoms with E-state index in [1.807, 2.05) is 6.20 Å². The molecule has 1 N–H and O–H groups in total. The Morgan fingerprint density at radius 2 is 1.94 bits per heavy atom. The molecule has 0 amide bonds. The van der Waals surface area contributed by atoms with Gasteiger partial charge in [0.25, 0.3) is 0 Å². The number of nitrogens with zero attached hydrogens (tertiary/aromatic N) is 2. The maximum Gasteiger partial charge on any atom is 0.0682 e. The largest absolute Gasteiger partial charge is 0.312 e. The zero-order valence-electron chi connectivity index (χ0n) is 11.6. The van der Waals surface area contributed by atoms with Crippen LogP contribution in [0.2, 0.25) is 0 Å². The SMILES string of the molecule is CC(C)(C)NCCCCn1ncc2ccccc21. The predicted octanol–water partition coefficient (Wildman–Crippen LogP) is 3.20. The number of unbranched alkanes of at least 4 members (excludes halogenated alkanes) is 1. The van der Waals surface area contributed by atoms with Crippen molar-refractivity contribution in [2.75, 3.05) is 6.54 Å². The first-order valence-electron chi connectivity index (χ1n) is 6.72. The minimum atomic E-state index is 0.221. The van der Waals surface area contributed by atoms with Crippen molar-refractivity contribution < 1.29 is 0 Å². The first kappa shape index (κ1) is 13.1. The molecule has 0 aliphatic heterocycles. The van der Waals surface area contributed by atoms with Gasteiger partial charge in [0.2, 0.25) is 0 Å². The van der Waals surface area contributed by atoms with Crippen LogP contribution in [0.3, 0.4) is 0 Å². The molecule has 3 heteroatoms. The van der Waals surface area contributed by atoms with E-state index in [0.717, 1.165) is 19.5 Å². The molecule has 2 aromatic rings. The summed E-state index contributed by atoms with van der Waals surface area (Å²) in [6, 6.07) is 8.37. The van der Waals surface area contributed by atoms with E-state index < -0.39 is 0 Å². The predicted molar refractivity (Wildman–Crippen MR) is 76.7 cm³/mol. The summed E-state index contributed by atoms with van der Waals surface area (Å²) in [4.78, 5) is 0. The van der Waals surface area contributed by atoms with Crippen LogP contribution in [0.4, 0.5) is 0 Å².